The van der Waals surface area contributed by atoms with Gasteiger partial charge in [0, 0.05) is 5.02 Å². The van der Waals surface area contributed by atoms with Crippen molar-refractivity contribution in [2.24, 2.45) is 0 Å². The number of halogens is 1. The Hall–Kier alpha value is -2.05. The highest BCUT2D eigenvalue weighted by Crippen LogP contribution is 2.22. The normalized spacial score (nSPS) is 11.1. The van der Waals surface area contributed by atoms with E-state index in [0.29, 0.717) is 10.6 Å². The van der Waals surface area contributed by atoms with Gasteiger partial charge in [-0.05, 0) is 48.9 Å². The summed E-state index contributed by atoms with van der Waals surface area (Å²) in [6.45, 7) is 1.69. The van der Waals surface area contributed by atoms with Crippen LogP contribution in [0.15, 0.2) is 47.4 Å². The van der Waals surface area contributed by atoms with Crippen molar-refractivity contribution in [1.82, 2.24) is 0 Å². The number of hydrogen-bond donors (Lipinski definition) is 2. The third-order valence-electron chi connectivity index (χ3n) is 2.85. The standard InChI is InChI=1S/C14H12ClNO4S/c1-9-2-3-10(14(17)18)8-13(9)16-21(19,20)12-6-4-11(15)5-7-12/h2-8,16H,1H3,(H,17,18). The van der Waals surface area contributed by atoms with Gasteiger partial charge in [-0.1, -0.05) is 17.7 Å². The highest BCUT2D eigenvalue weighted by Gasteiger charge is 2.16. The minimum atomic E-state index is -3.80. The molecule has 5 nitrogen and oxygen atoms in total. The molecule has 110 valence electrons. The molecule has 0 atom stereocenters. The van der Waals surface area contributed by atoms with Crippen LogP contribution >= 0.6 is 11.6 Å². The number of aromatic carboxylic acids is 1. The van der Waals surface area contributed by atoms with Crippen LogP contribution in [0.5, 0.6) is 0 Å². The first-order valence-corrected chi connectivity index (χ1v) is 7.78. The fourth-order valence-corrected chi connectivity index (χ4v) is 2.93. The SMILES string of the molecule is Cc1ccc(C(=O)O)cc1NS(=O)(=O)c1ccc(Cl)cc1. The molecule has 0 radical (unpaired) electrons. The number of carbonyl (C=O) groups is 1. The van der Waals surface area contributed by atoms with Crippen LogP contribution in [0, 0.1) is 6.92 Å². The maximum Gasteiger partial charge on any atom is 0.335 e. The van der Waals surface area contributed by atoms with Gasteiger partial charge in [-0.3, -0.25) is 4.72 Å². The van der Waals surface area contributed by atoms with Crippen LogP contribution in [0.3, 0.4) is 0 Å². The summed E-state index contributed by atoms with van der Waals surface area (Å²) in [5.41, 5.74) is 0.858. The summed E-state index contributed by atoms with van der Waals surface area (Å²) >= 11 is 5.72. The van der Waals surface area contributed by atoms with Gasteiger partial charge in [0.2, 0.25) is 0 Å². The minimum absolute atomic E-state index is 0.00871. The summed E-state index contributed by atoms with van der Waals surface area (Å²) in [5.74, 6) is -1.12. The lowest BCUT2D eigenvalue weighted by atomic mass is 10.1. The van der Waals surface area contributed by atoms with E-state index in [0.717, 1.165) is 0 Å². The van der Waals surface area contributed by atoms with Crippen molar-refractivity contribution in [3.8, 4) is 0 Å². The van der Waals surface area contributed by atoms with Crippen LogP contribution in [0.2, 0.25) is 5.02 Å². The van der Waals surface area contributed by atoms with Gasteiger partial charge in [0.1, 0.15) is 0 Å². The maximum atomic E-state index is 12.2. The van der Waals surface area contributed by atoms with Crippen LogP contribution < -0.4 is 4.72 Å². The largest absolute Gasteiger partial charge is 0.478 e. The van der Waals surface area contributed by atoms with E-state index in [-0.39, 0.29) is 16.1 Å². The van der Waals surface area contributed by atoms with Crippen LogP contribution in [0.25, 0.3) is 0 Å². The van der Waals surface area contributed by atoms with Crippen molar-refractivity contribution in [3.63, 3.8) is 0 Å². The number of benzene rings is 2. The van der Waals surface area contributed by atoms with E-state index >= 15 is 0 Å². The Morgan fingerprint density at radius 1 is 1.14 bits per heavy atom. The molecule has 2 aromatic carbocycles. The van der Waals surface area contributed by atoms with Crippen LogP contribution in [-0.4, -0.2) is 19.5 Å². The summed E-state index contributed by atoms with van der Waals surface area (Å²) < 4.78 is 26.9. The Bertz CT molecular complexity index is 785. The number of aryl methyl sites for hydroxylation is 1. The van der Waals surface area contributed by atoms with E-state index in [2.05, 4.69) is 4.72 Å². The summed E-state index contributed by atoms with van der Waals surface area (Å²) in [7, 11) is -3.80. The fourth-order valence-electron chi connectivity index (χ4n) is 1.68. The number of rotatable bonds is 4. The molecular formula is C14H12ClNO4S. The zero-order valence-electron chi connectivity index (χ0n) is 11.0. The number of nitrogens with one attached hydrogen (secondary N) is 1. The van der Waals surface area contributed by atoms with Crippen molar-refractivity contribution in [3.05, 3.63) is 58.6 Å². The molecule has 0 aliphatic rings. The summed E-state index contributed by atoms with van der Waals surface area (Å²) in [6.07, 6.45) is 0. The molecule has 0 heterocycles. The van der Waals surface area contributed by atoms with E-state index in [1.54, 1.807) is 13.0 Å². The second kappa shape index (κ2) is 5.75. The van der Waals surface area contributed by atoms with Gasteiger partial charge in [-0.2, -0.15) is 0 Å². The van der Waals surface area contributed by atoms with Crippen molar-refractivity contribution < 1.29 is 18.3 Å². The van der Waals surface area contributed by atoms with Gasteiger partial charge in [0.05, 0.1) is 16.1 Å². The molecule has 0 saturated carbocycles. The quantitative estimate of drug-likeness (QED) is 0.904. The Morgan fingerprint density at radius 3 is 2.33 bits per heavy atom. The molecule has 0 unspecified atom stereocenters. The molecule has 0 fully saturated rings. The van der Waals surface area contributed by atoms with E-state index < -0.39 is 16.0 Å². The first kappa shape index (κ1) is 15.3. The zero-order chi connectivity index (χ0) is 15.6. The van der Waals surface area contributed by atoms with Crippen molar-refractivity contribution >= 4 is 33.3 Å². The number of carboxylic acids is 1. The molecule has 0 bridgehead atoms. The molecule has 0 aliphatic heterocycles. The smallest absolute Gasteiger partial charge is 0.335 e. The number of anilines is 1. The third kappa shape index (κ3) is 3.53. The molecular weight excluding hydrogens is 314 g/mol. The van der Waals surface area contributed by atoms with Crippen molar-refractivity contribution in [2.75, 3.05) is 4.72 Å². The Balaban J connectivity index is 2.38. The van der Waals surface area contributed by atoms with Gasteiger partial charge in [0.15, 0.2) is 0 Å². The number of carboxylic acid groups (broad SMARTS) is 1. The van der Waals surface area contributed by atoms with Crippen LogP contribution in [-0.2, 0) is 10.0 Å². The lowest BCUT2D eigenvalue weighted by Crippen LogP contribution is -2.14. The molecule has 2 aromatic rings. The highest BCUT2D eigenvalue weighted by molar-refractivity contribution is 7.92. The summed E-state index contributed by atoms with van der Waals surface area (Å²) in [6, 6.07) is 9.93. The van der Waals surface area contributed by atoms with Crippen LogP contribution in [0.1, 0.15) is 15.9 Å². The lowest BCUT2D eigenvalue weighted by Gasteiger charge is -2.11. The molecule has 21 heavy (non-hydrogen) atoms. The lowest BCUT2D eigenvalue weighted by molar-refractivity contribution is 0.0697. The number of hydrogen-bond acceptors (Lipinski definition) is 3. The van der Waals surface area contributed by atoms with Gasteiger partial charge in [0.25, 0.3) is 10.0 Å². The van der Waals surface area contributed by atoms with E-state index in [9.17, 15) is 13.2 Å². The van der Waals surface area contributed by atoms with Crippen LogP contribution in [0.4, 0.5) is 5.69 Å². The Labute approximate surface area is 127 Å². The van der Waals surface area contributed by atoms with Gasteiger partial charge in [-0.25, -0.2) is 13.2 Å². The summed E-state index contributed by atoms with van der Waals surface area (Å²) in [5, 5.41) is 9.38. The van der Waals surface area contributed by atoms with Crippen molar-refractivity contribution in [2.45, 2.75) is 11.8 Å². The maximum absolute atomic E-state index is 12.2. The zero-order valence-corrected chi connectivity index (χ0v) is 12.6. The average Bonchev–Trinajstić information content (AvgIpc) is 2.41. The predicted molar refractivity (Wildman–Crippen MR) is 80.4 cm³/mol. The molecule has 2 N–H and O–H groups in total. The Morgan fingerprint density at radius 2 is 1.76 bits per heavy atom. The highest BCUT2D eigenvalue weighted by atomic mass is 35.5. The van der Waals surface area contributed by atoms with Gasteiger partial charge in [-0.15, -0.1) is 0 Å². The third-order valence-corrected chi connectivity index (χ3v) is 4.49. The van der Waals surface area contributed by atoms with Gasteiger partial charge >= 0.3 is 5.97 Å². The van der Waals surface area contributed by atoms with E-state index in [4.69, 9.17) is 16.7 Å². The summed E-state index contributed by atoms with van der Waals surface area (Å²) in [4.78, 5) is 11.0. The first-order valence-electron chi connectivity index (χ1n) is 5.92. The average molecular weight is 326 g/mol. The molecule has 2 rings (SSSR count). The van der Waals surface area contributed by atoms with Crippen molar-refractivity contribution in [1.29, 1.82) is 0 Å². The predicted octanol–water partition coefficient (Wildman–Crippen LogP) is 3.15. The second-order valence-corrected chi connectivity index (χ2v) is 6.51. The van der Waals surface area contributed by atoms with E-state index in [1.165, 1.54) is 36.4 Å². The molecule has 0 amide bonds. The number of sulfonamides is 1. The Kier molecular flexibility index (Phi) is 4.20. The molecule has 0 aromatic heterocycles. The van der Waals surface area contributed by atoms with E-state index in [1.807, 2.05) is 0 Å². The molecule has 7 heteroatoms. The molecule has 0 saturated heterocycles. The monoisotopic (exact) mass is 325 g/mol. The molecule has 0 spiro atoms. The molecule has 0 aliphatic carbocycles. The minimum Gasteiger partial charge on any atom is -0.478 e. The van der Waals surface area contributed by atoms with Gasteiger partial charge < -0.3 is 5.11 Å². The topological polar surface area (TPSA) is 83.5 Å². The first-order chi connectivity index (χ1) is 9.79. The fraction of sp³-hybridized carbons (Fsp3) is 0.0714. The second-order valence-electron chi connectivity index (χ2n) is 4.39.